The molecule has 0 unspecified atom stereocenters. The summed E-state index contributed by atoms with van der Waals surface area (Å²) in [5.41, 5.74) is 2.27. The summed E-state index contributed by atoms with van der Waals surface area (Å²) in [6.45, 7) is 2.35. The van der Waals surface area contributed by atoms with Crippen molar-refractivity contribution >= 4 is 22.6 Å². The molecule has 1 heterocycles. The van der Waals surface area contributed by atoms with Gasteiger partial charge in [-0.05, 0) is 48.9 Å². The van der Waals surface area contributed by atoms with Gasteiger partial charge in [-0.25, -0.2) is 0 Å². The second kappa shape index (κ2) is 7.79. The van der Waals surface area contributed by atoms with Crippen molar-refractivity contribution in [1.29, 1.82) is 0 Å². The first-order valence-electron chi connectivity index (χ1n) is 8.76. The van der Waals surface area contributed by atoms with Crippen molar-refractivity contribution < 1.29 is 13.9 Å². The Balaban J connectivity index is 1.55. The summed E-state index contributed by atoms with van der Waals surface area (Å²) in [4.78, 5) is 12.7. The van der Waals surface area contributed by atoms with E-state index >= 15 is 0 Å². The highest BCUT2D eigenvalue weighted by Gasteiger charge is 2.10. The molecular formula is C23H17ClO4. The number of hydrogen-bond acceptors (Lipinski definition) is 4. The van der Waals surface area contributed by atoms with E-state index in [1.807, 2.05) is 55.5 Å². The predicted molar refractivity (Wildman–Crippen MR) is 110 cm³/mol. The van der Waals surface area contributed by atoms with Crippen LogP contribution in [0, 0.1) is 6.92 Å². The maximum atomic E-state index is 12.7. The van der Waals surface area contributed by atoms with Gasteiger partial charge in [-0.3, -0.25) is 4.79 Å². The Morgan fingerprint density at radius 2 is 1.75 bits per heavy atom. The fourth-order valence-corrected chi connectivity index (χ4v) is 2.99. The van der Waals surface area contributed by atoms with E-state index in [9.17, 15) is 4.79 Å². The summed E-state index contributed by atoms with van der Waals surface area (Å²) < 4.78 is 17.1. The van der Waals surface area contributed by atoms with Crippen LogP contribution in [0.3, 0.4) is 0 Å². The minimum absolute atomic E-state index is 0.143. The number of hydrogen-bond donors (Lipinski definition) is 0. The van der Waals surface area contributed by atoms with Crippen LogP contribution in [0.2, 0.25) is 5.02 Å². The number of rotatable bonds is 5. The molecule has 4 aromatic rings. The van der Waals surface area contributed by atoms with Gasteiger partial charge in [-0.1, -0.05) is 41.4 Å². The summed E-state index contributed by atoms with van der Waals surface area (Å²) in [7, 11) is 0. The first-order valence-corrected chi connectivity index (χ1v) is 9.13. The molecule has 28 heavy (non-hydrogen) atoms. The number of aryl methyl sites for hydroxylation is 1. The number of fused-ring (bicyclic) bond motifs is 1. The Morgan fingerprint density at radius 1 is 0.964 bits per heavy atom. The van der Waals surface area contributed by atoms with Crippen LogP contribution in [0.1, 0.15) is 11.1 Å². The topological polar surface area (TPSA) is 48.7 Å². The van der Waals surface area contributed by atoms with E-state index in [-0.39, 0.29) is 11.2 Å². The van der Waals surface area contributed by atoms with Gasteiger partial charge in [0.2, 0.25) is 11.2 Å². The minimum Gasteiger partial charge on any atom is -0.489 e. The molecule has 0 aliphatic rings. The Hall–Kier alpha value is -3.24. The van der Waals surface area contributed by atoms with E-state index < -0.39 is 0 Å². The average molecular weight is 393 g/mol. The predicted octanol–water partition coefficient (Wildman–Crippen LogP) is 6.13. The highest BCUT2D eigenvalue weighted by atomic mass is 35.5. The van der Waals surface area contributed by atoms with Crippen LogP contribution in [0.15, 0.2) is 82.2 Å². The molecule has 0 aliphatic carbocycles. The van der Waals surface area contributed by atoms with E-state index in [0.29, 0.717) is 34.1 Å². The summed E-state index contributed by atoms with van der Waals surface area (Å²) in [5, 5.41) is 1.09. The lowest BCUT2D eigenvalue weighted by Gasteiger charge is -2.08. The van der Waals surface area contributed by atoms with Crippen LogP contribution in [0.5, 0.6) is 17.2 Å². The minimum atomic E-state index is -0.233. The molecule has 0 bridgehead atoms. The van der Waals surface area contributed by atoms with Crippen LogP contribution in [0.25, 0.3) is 11.0 Å². The third-order valence-corrected chi connectivity index (χ3v) is 4.49. The highest BCUT2D eigenvalue weighted by molar-refractivity contribution is 6.30. The number of halogens is 1. The van der Waals surface area contributed by atoms with Crippen LogP contribution in [-0.2, 0) is 6.61 Å². The molecule has 140 valence electrons. The number of ether oxygens (including phenoxy) is 2. The third kappa shape index (κ3) is 4.02. The van der Waals surface area contributed by atoms with Crippen molar-refractivity contribution in [3.8, 4) is 17.2 Å². The van der Waals surface area contributed by atoms with E-state index in [1.54, 1.807) is 18.2 Å². The van der Waals surface area contributed by atoms with Crippen molar-refractivity contribution in [3.05, 3.63) is 99.4 Å². The Bertz CT molecular complexity index is 1180. The van der Waals surface area contributed by atoms with Crippen LogP contribution in [0.4, 0.5) is 0 Å². The van der Waals surface area contributed by atoms with Gasteiger partial charge in [0, 0.05) is 11.1 Å². The summed E-state index contributed by atoms with van der Waals surface area (Å²) >= 11 is 5.99. The molecule has 4 rings (SSSR count). The largest absolute Gasteiger partial charge is 0.489 e. The Kier molecular flexibility index (Phi) is 5.04. The zero-order valence-electron chi connectivity index (χ0n) is 15.1. The molecule has 0 radical (unpaired) electrons. The van der Waals surface area contributed by atoms with Crippen LogP contribution < -0.4 is 14.9 Å². The quantitative estimate of drug-likeness (QED) is 0.410. The van der Waals surface area contributed by atoms with Crippen molar-refractivity contribution in [1.82, 2.24) is 0 Å². The van der Waals surface area contributed by atoms with Gasteiger partial charge >= 0.3 is 0 Å². The maximum absolute atomic E-state index is 12.7. The van der Waals surface area contributed by atoms with Crippen molar-refractivity contribution in [3.63, 3.8) is 0 Å². The van der Waals surface area contributed by atoms with E-state index in [1.165, 1.54) is 6.26 Å². The smallest absolute Gasteiger partial charge is 0.235 e. The summed E-state index contributed by atoms with van der Waals surface area (Å²) in [6, 6.07) is 20.0. The fraction of sp³-hybridized carbons (Fsp3) is 0.0870. The van der Waals surface area contributed by atoms with E-state index in [4.69, 9.17) is 25.5 Å². The average Bonchev–Trinajstić information content (AvgIpc) is 2.70. The molecule has 3 aromatic carbocycles. The fourth-order valence-electron chi connectivity index (χ4n) is 2.78. The monoisotopic (exact) mass is 392 g/mol. The highest BCUT2D eigenvalue weighted by Crippen LogP contribution is 2.25. The van der Waals surface area contributed by atoms with Crippen molar-refractivity contribution in [2.45, 2.75) is 13.5 Å². The first-order chi connectivity index (χ1) is 13.6. The van der Waals surface area contributed by atoms with Crippen LogP contribution in [-0.4, -0.2) is 0 Å². The second-order valence-corrected chi connectivity index (χ2v) is 6.86. The Labute approximate surface area is 166 Å². The van der Waals surface area contributed by atoms with Crippen molar-refractivity contribution in [2.75, 3.05) is 0 Å². The molecule has 0 spiro atoms. The Morgan fingerprint density at radius 3 is 2.54 bits per heavy atom. The lowest BCUT2D eigenvalue weighted by atomic mass is 10.2. The van der Waals surface area contributed by atoms with E-state index in [2.05, 4.69) is 0 Å². The standard InChI is InChI=1S/C23H17ClO4/c1-15-5-7-18(8-6-15)28-22-14-27-21-12-19(9-10-20(21)23(22)25)26-13-16-3-2-4-17(24)11-16/h2-12,14H,13H2,1H3. The van der Waals surface area contributed by atoms with Gasteiger partial charge in [0.15, 0.2) is 0 Å². The molecule has 0 amide bonds. The summed E-state index contributed by atoms with van der Waals surface area (Å²) in [5.74, 6) is 1.32. The SMILES string of the molecule is Cc1ccc(Oc2coc3cc(OCc4cccc(Cl)c4)ccc3c2=O)cc1. The second-order valence-electron chi connectivity index (χ2n) is 6.42. The molecule has 0 atom stereocenters. The van der Waals surface area contributed by atoms with Gasteiger partial charge in [-0.2, -0.15) is 0 Å². The zero-order valence-corrected chi connectivity index (χ0v) is 15.9. The molecule has 0 fully saturated rings. The lowest BCUT2D eigenvalue weighted by Crippen LogP contribution is -2.05. The molecule has 0 saturated carbocycles. The molecule has 4 nitrogen and oxygen atoms in total. The summed E-state index contributed by atoms with van der Waals surface area (Å²) in [6.07, 6.45) is 1.32. The normalized spacial score (nSPS) is 10.8. The lowest BCUT2D eigenvalue weighted by molar-refractivity contribution is 0.306. The van der Waals surface area contributed by atoms with Crippen LogP contribution >= 0.6 is 11.6 Å². The maximum Gasteiger partial charge on any atom is 0.235 e. The van der Waals surface area contributed by atoms with E-state index in [0.717, 1.165) is 11.1 Å². The third-order valence-electron chi connectivity index (χ3n) is 4.26. The van der Waals surface area contributed by atoms with Crippen molar-refractivity contribution in [2.24, 2.45) is 0 Å². The van der Waals surface area contributed by atoms with Gasteiger partial charge in [0.1, 0.15) is 30.0 Å². The molecular weight excluding hydrogens is 376 g/mol. The van der Waals surface area contributed by atoms with Gasteiger partial charge in [-0.15, -0.1) is 0 Å². The zero-order chi connectivity index (χ0) is 19.5. The molecule has 0 aliphatic heterocycles. The molecule has 1 aromatic heterocycles. The number of benzene rings is 3. The molecule has 5 heteroatoms. The first kappa shape index (κ1) is 18.1. The van der Waals surface area contributed by atoms with Gasteiger partial charge < -0.3 is 13.9 Å². The van der Waals surface area contributed by atoms with Gasteiger partial charge in [0.25, 0.3) is 0 Å². The molecule has 0 N–H and O–H groups in total. The van der Waals surface area contributed by atoms with Gasteiger partial charge in [0.05, 0.1) is 5.39 Å². The molecule has 0 saturated heterocycles.